The summed E-state index contributed by atoms with van der Waals surface area (Å²) in [7, 11) is 4.38. The Morgan fingerprint density at radius 3 is 2.03 bits per heavy atom. The van der Waals surface area contributed by atoms with Gasteiger partial charge in [0.1, 0.15) is 5.75 Å². The van der Waals surface area contributed by atoms with Crippen molar-refractivity contribution in [3.05, 3.63) is 47.5 Å². The molecular formula is C24H31N3O6S. The van der Waals surface area contributed by atoms with E-state index >= 15 is 0 Å². The number of hydrazine groups is 1. The van der Waals surface area contributed by atoms with E-state index in [0.29, 0.717) is 35.2 Å². The fraction of sp³-hybridized carbons (Fsp3) is 0.375. The Morgan fingerprint density at radius 2 is 1.47 bits per heavy atom. The van der Waals surface area contributed by atoms with Crippen LogP contribution in [0.15, 0.2) is 36.4 Å². The van der Waals surface area contributed by atoms with Gasteiger partial charge in [0, 0.05) is 11.1 Å². The van der Waals surface area contributed by atoms with E-state index in [0.717, 1.165) is 12.8 Å². The van der Waals surface area contributed by atoms with Crippen LogP contribution in [0.4, 0.5) is 0 Å². The van der Waals surface area contributed by atoms with Crippen LogP contribution in [0.2, 0.25) is 0 Å². The molecule has 0 aliphatic rings. The van der Waals surface area contributed by atoms with Crippen molar-refractivity contribution >= 4 is 29.1 Å². The number of benzene rings is 2. The second-order valence-electron chi connectivity index (χ2n) is 7.21. The monoisotopic (exact) mass is 489 g/mol. The molecule has 0 saturated carbocycles. The van der Waals surface area contributed by atoms with Crippen LogP contribution in [0.5, 0.6) is 23.0 Å². The summed E-state index contributed by atoms with van der Waals surface area (Å²) in [4.78, 5) is 24.9. The van der Waals surface area contributed by atoms with Crippen LogP contribution in [0, 0.1) is 0 Å². The number of carbonyl (C=O) groups excluding carboxylic acids is 2. The quantitative estimate of drug-likeness (QED) is 0.250. The zero-order chi connectivity index (χ0) is 24.9. The molecule has 0 unspecified atom stereocenters. The molecule has 0 bridgehead atoms. The average molecular weight is 490 g/mol. The van der Waals surface area contributed by atoms with E-state index in [1.165, 1.54) is 46.3 Å². The molecule has 0 aliphatic heterocycles. The van der Waals surface area contributed by atoms with Crippen LogP contribution in [-0.4, -0.2) is 44.9 Å². The standard InChI is InChI=1S/C24H31N3O6S/c1-5-6-7-8-13-33-18-11-9-16(10-12-18)22(28)25-24(34)27-26-23(29)17-14-19(30-2)21(32-4)20(15-17)31-3/h9-12,14-15H,5-8,13H2,1-4H3,(H,26,29)(H2,25,27,28,34). The lowest BCUT2D eigenvalue weighted by molar-refractivity contribution is 0.0934. The van der Waals surface area contributed by atoms with E-state index in [1.807, 2.05) is 0 Å². The molecule has 0 spiro atoms. The van der Waals surface area contributed by atoms with Gasteiger partial charge >= 0.3 is 0 Å². The minimum Gasteiger partial charge on any atom is -0.494 e. The number of hydrogen-bond acceptors (Lipinski definition) is 7. The maximum Gasteiger partial charge on any atom is 0.269 e. The van der Waals surface area contributed by atoms with E-state index in [2.05, 4.69) is 23.1 Å². The Labute approximate surface area is 205 Å². The third-order valence-electron chi connectivity index (χ3n) is 4.83. The molecule has 184 valence electrons. The molecule has 0 heterocycles. The van der Waals surface area contributed by atoms with Gasteiger partial charge in [-0.3, -0.25) is 25.8 Å². The van der Waals surface area contributed by atoms with Gasteiger partial charge in [0.2, 0.25) is 5.75 Å². The zero-order valence-corrected chi connectivity index (χ0v) is 20.7. The highest BCUT2D eigenvalue weighted by molar-refractivity contribution is 7.80. The SMILES string of the molecule is CCCCCCOc1ccc(C(=O)NC(=S)NNC(=O)c2cc(OC)c(OC)c(OC)c2)cc1. The van der Waals surface area contributed by atoms with E-state index in [9.17, 15) is 9.59 Å². The second kappa shape index (κ2) is 13.9. The molecule has 0 aromatic heterocycles. The molecule has 3 N–H and O–H groups in total. The number of carbonyl (C=O) groups is 2. The Bertz CT molecular complexity index is 956. The molecule has 2 aromatic rings. The number of hydrogen-bond donors (Lipinski definition) is 3. The van der Waals surface area contributed by atoms with Crippen LogP contribution in [-0.2, 0) is 0 Å². The Kier molecular flexibility index (Phi) is 10.9. The first kappa shape index (κ1) is 26.7. The summed E-state index contributed by atoms with van der Waals surface area (Å²) in [6.45, 7) is 2.81. The number of nitrogens with one attached hydrogen (secondary N) is 3. The zero-order valence-electron chi connectivity index (χ0n) is 19.9. The normalized spacial score (nSPS) is 10.1. The highest BCUT2D eigenvalue weighted by Crippen LogP contribution is 2.38. The minimum absolute atomic E-state index is 0.0676. The molecule has 0 radical (unpaired) electrons. The molecule has 10 heteroatoms. The lowest BCUT2D eigenvalue weighted by Crippen LogP contribution is -2.48. The molecular weight excluding hydrogens is 458 g/mol. The molecule has 0 saturated heterocycles. The Morgan fingerprint density at radius 1 is 0.824 bits per heavy atom. The maximum atomic E-state index is 12.5. The number of ether oxygens (including phenoxy) is 4. The summed E-state index contributed by atoms with van der Waals surface area (Å²) in [5, 5.41) is 2.44. The van der Waals surface area contributed by atoms with E-state index in [-0.39, 0.29) is 10.7 Å². The second-order valence-corrected chi connectivity index (χ2v) is 7.62. The summed E-state index contributed by atoms with van der Waals surface area (Å²) < 4.78 is 21.4. The molecule has 2 amide bonds. The van der Waals surface area contributed by atoms with Crippen LogP contribution >= 0.6 is 12.2 Å². The highest BCUT2D eigenvalue weighted by Gasteiger charge is 2.17. The number of methoxy groups -OCH3 is 3. The first-order chi connectivity index (χ1) is 16.4. The van der Waals surface area contributed by atoms with Crippen LogP contribution in [0.25, 0.3) is 0 Å². The number of rotatable bonds is 11. The molecule has 34 heavy (non-hydrogen) atoms. The largest absolute Gasteiger partial charge is 0.494 e. The summed E-state index contributed by atoms with van der Waals surface area (Å²) in [6, 6.07) is 9.75. The maximum absolute atomic E-state index is 12.5. The van der Waals surface area contributed by atoms with Crippen molar-refractivity contribution in [2.75, 3.05) is 27.9 Å². The average Bonchev–Trinajstić information content (AvgIpc) is 2.86. The smallest absolute Gasteiger partial charge is 0.269 e. The van der Waals surface area contributed by atoms with E-state index in [1.54, 1.807) is 24.3 Å². The Balaban J connectivity index is 1.86. The number of thiocarbonyl (C=S) groups is 1. The van der Waals surface area contributed by atoms with E-state index < -0.39 is 11.8 Å². The first-order valence-corrected chi connectivity index (χ1v) is 11.3. The van der Waals surface area contributed by atoms with Crippen molar-refractivity contribution < 1.29 is 28.5 Å². The molecule has 2 rings (SSSR count). The summed E-state index contributed by atoms with van der Waals surface area (Å²) >= 11 is 5.10. The number of unbranched alkanes of at least 4 members (excludes halogenated alkanes) is 3. The highest BCUT2D eigenvalue weighted by atomic mass is 32.1. The number of amides is 2. The van der Waals surface area contributed by atoms with Gasteiger partial charge in [0.05, 0.1) is 27.9 Å². The summed E-state index contributed by atoms with van der Waals surface area (Å²) in [6.07, 6.45) is 4.50. The van der Waals surface area contributed by atoms with Gasteiger partial charge in [-0.1, -0.05) is 26.2 Å². The molecule has 9 nitrogen and oxygen atoms in total. The van der Waals surface area contributed by atoms with Crippen LogP contribution in [0.3, 0.4) is 0 Å². The third kappa shape index (κ3) is 7.80. The topological polar surface area (TPSA) is 107 Å². The molecule has 0 aliphatic carbocycles. The third-order valence-corrected chi connectivity index (χ3v) is 5.03. The van der Waals surface area contributed by atoms with Crippen molar-refractivity contribution in [3.63, 3.8) is 0 Å². The molecule has 0 fully saturated rings. The van der Waals surface area contributed by atoms with Crippen molar-refractivity contribution in [3.8, 4) is 23.0 Å². The van der Waals surface area contributed by atoms with Crippen molar-refractivity contribution in [2.24, 2.45) is 0 Å². The van der Waals surface area contributed by atoms with Gasteiger partial charge in [-0.05, 0) is 55.0 Å². The van der Waals surface area contributed by atoms with Gasteiger partial charge in [-0.15, -0.1) is 0 Å². The Hall–Kier alpha value is -3.53. The van der Waals surface area contributed by atoms with Crippen molar-refractivity contribution in [1.29, 1.82) is 0 Å². The minimum atomic E-state index is -0.517. The lowest BCUT2D eigenvalue weighted by Gasteiger charge is -2.15. The van der Waals surface area contributed by atoms with Gasteiger partial charge in [0.25, 0.3) is 11.8 Å². The van der Waals surface area contributed by atoms with Crippen LogP contribution < -0.4 is 35.1 Å². The van der Waals surface area contributed by atoms with Gasteiger partial charge in [-0.25, -0.2) is 0 Å². The predicted molar refractivity (Wildman–Crippen MR) is 133 cm³/mol. The summed E-state index contributed by atoms with van der Waals surface area (Å²) in [5.41, 5.74) is 5.57. The first-order valence-electron chi connectivity index (χ1n) is 10.9. The van der Waals surface area contributed by atoms with Crippen molar-refractivity contribution in [1.82, 2.24) is 16.2 Å². The summed E-state index contributed by atoms with van der Waals surface area (Å²) in [5.74, 6) is 0.786. The molecule has 0 atom stereocenters. The van der Waals surface area contributed by atoms with Gasteiger partial charge in [0.15, 0.2) is 16.6 Å². The van der Waals surface area contributed by atoms with Gasteiger partial charge < -0.3 is 18.9 Å². The van der Waals surface area contributed by atoms with Crippen LogP contribution in [0.1, 0.15) is 53.3 Å². The van der Waals surface area contributed by atoms with E-state index in [4.69, 9.17) is 31.2 Å². The van der Waals surface area contributed by atoms with Crippen molar-refractivity contribution in [2.45, 2.75) is 32.6 Å². The van der Waals surface area contributed by atoms with Gasteiger partial charge in [-0.2, -0.15) is 0 Å². The lowest BCUT2D eigenvalue weighted by atomic mass is 10.1. The molecule has 2 aromatic carbocycles. The fourth-order valence-corrected chi connectivity index (χ4v) is 3.17. The predicted octanol–water partition coefficient (Wildman–Crippen LogP) is 3.62. The fourth-order valence-electron chi connectivity index (χ4n) is 3.03.